The summed E-state index contributed by atoms with van der Waals surface area (Å²) < 4.78 is 0. The maximum atomic E-state index is 12.5. The lowest BCUT2D eigenvalue weighted by Gasteiger charge is -2.25. The molecular weight excluding hydrogens is 356 g/mol. The van der Waals surface area contributed by atoms with E-state index in [9.17, 15) is 19.5 Å². The van der Waals surface area contributed by atoms with E-state index in [1.165, 1.54) is 0 Å². The quantitative estimate of drug-likeness (QED) is 0.687. The summed E-state index contributed by atoms with van der Waals surface area (Å²) in [6.45, 7) is 1.89. The number of nitrogens with one attached hydrogen (secondary N) is 2. The Bertz CT molecular complexity index is 894. The van der Waals surface area contributed by atoms with Gasteiger partial charge >= 0.3 is 5.97 Å². The van der Waals surface area contributed by atoms with Crippen LogP contribution in [0.4, 0.5) is 5.69 Å². The number of fused-ring (bicyclic) bond motifs is 1. The Morgan fingerprint density at radius 1 is 1.18 bits per heavy atom. The number of carboxylic acid groups (broad SMARTS) is 1. The first-order chi connectivity index (χ1) is 13.4. The second-order valence-electron chi connectivity index (χ2n) is 7.16. The van der Waals surface area contributed by atoms with Crippen LogP contribution < -0.4 is 10.6 Å². The molecule has 2 amide bonds. The van der Waals surface area contributed by atoms with E-state index in [4.69, 9.17) is 0 Å². The van der Waals surface area contributed by atoms with Gasteiger partial charge in [0.2, 0.25) is 11.8 Å². The molecule has 1 aliphatic rings. The van der Waals surface area contributed by atoms with Crippen LogP contribution in [-0.4, -0.2) is 22.9 Å². The first-order valence-corrected chi connectivity index (χ1v) is 9.39. The summed E-state index contributed by atoms with van der Waals surface area (Å²) in [5.41, 5.74) is 3.62. The highest BCUT2D eigenvalue weighted by molar-refractivity contribution is 5.96. The number of carbonyl (C=O) groups is 3. The van der Waals surface area contributed by atoms with Gasteiger partial charge in [0.25, 0.3) is 0 Å². The van der Waals surface area contributed by atoms with Crippen LogP contribution in [0, 0.1) is 12.8 Å². The second kappa shape index (κ2) is 8.69. The fourth-order valence-corrected chi connectivity index (χ4v) is 3.61. The molecule has 6 heteroatoms. The Morgan fingerprint density at radius 3 is 2.64 bits per heavy atom. The molecule has 6 nitrogen and oxygen atoms in total. The third-order valence-electron chi connectivity index (χ3n) is 5.11. The van der Waals surface area contributed by atoms with Gasteiger partial charge in [-0.3, -0.25) is 14.4 Å². The first kappa shape index (κ1) is 19.6. The molecule has 2 aromatic rings. The molecule has 2 atom stereocenters. The number of para-hydroxylation sites is 1. The Kier molecular flexibility index (Phi) is 6.09. The highest BCUT2D eigenvalue weighted by Crippen LogP contribution is 2.28. The third-order valence-corrected chi connectivity index (χ3v) is 5.11. The second-order valence-corrected chi connectivity index (χ2v) is 7.16. The number of amides is 2. The molecule has 3 rings (SSSR count). The lowest BCUT2D eigenvalue weighted by molar-refractivity contribution is -0.137. The van der Waals surface area contributed by atoms with Gasteiger partial charge in [-0.1, -0.05) is 42.5 Å². The Labute approximate surface area is 164 Å². The molecule has 28 heavy (non-hydrogen) atoms. The average Bonchev–Trinajstić information content (AvgIpc) is 2.66. The van der Waals surface area contributed by atoms with Crippen molar-refractivity contribution in [2.24, 2.45) is 5.92 Å². The molecule has 0 saturated heterocycles. The normalized spacial score (nSPS) is 16.6. The van der Waals surface area contributed by atoms with Crippen LogP contribution >= 0.6 is 0 Å². The summed E-state index contributed by atoms with van der Waals surface area (Å²) in [6.07, 6.45) is 1.00. The van der Waals surface area contributed by atoms with Gasteiger partial charge in [0.1, 0.15) is 0 Å². The monoisotopic (exact) mass is 380 g/mol. The molecule has 0 radical (unpaired) electrons. The topological polar surface area (TPSA) is 95.5 Å². The Balaban J connectivity index is 1.61. The standard InChI is InChI=1S/C22H24N2O4/c1-14-6-2-4-8-17(14)19(13-21(26)27)23-20(25)11-10-16-12-15-7-3-5-9-18(15)24-22(16)28/h2-9,16,19H,10-13H2,1H3,(H,23,25)(H,24,28)(H,26,27)/t16-,19+/m0/s1. The van der Waals surface area contributed by atoms with Crippen molar-refractivity contribution < 1.29 is 19.5 Å². The van der Waals surface area contributed by atoms with Crippen LogP contribution in [0.25, 0.3) is 0 Å². The highest BCUT2D eigenvalue weighted by atomic mass is 16.4. The van der Waals surface area contributed by atoms with E-state index < -0.39 is 12.0 Å². The zero-order valence-corrected chi connectivity index (χ0v) is 15.8. The molecule has 0 aliphatic carbocycles. The predicted octanol–water partition coefficient (Wildman–Crippen LogP) is 3.22. The van der Waals surface area contributed by atoms with Gasteiger partial charge in [-0.25, -0.2) is 0 Å². The molecule has 0 bridgehead atoms. The van der Waals surface area contributed by atoms with E-state index in [2.05, 4.69) is 10.6 Å². The van der Waals surface area contributed by atoms with Crippen molar-refractivity contribution in [2.45, 2.75) is 38.6 Å². The third kappa shape index (κ3) is 4.76. The molecule has 1 aliphatic heterocycles. The number of anilines is 1. The van der Waals surface area contributed by atoms with Gasteiger partial charge in [-0.05, 0) is 42.5 Å². The number of hydrogen-bond donors (Lipinski definition) is 3. The van der Waals surface area contributed by atoms with E-state index in [-0.39, 0.29) is 30.6 Å². The summed E-state index contributed by atoms with van der Waals surface area (Å²) in [4.78, 5) is 36.0. The van der Waals surface area contributed by atoms with E-state index in [0.29, 0.717) is 12.8 Å². The van der Waals surface area contributed by atoms with Gasteiger partial charge in [-0.2, -0.15) is 0 Å². The SMILES string of the molecule is Cc1ccccc1[C@@H](CC(=O)O)NC(=O)CC[C@H]1Cc2ccccc2NC1=O. The van der Waals surface area contributed by atoms with Crippen LogP contribution in [-0.2, 0) is 20.8 Å². The maximum Gasteiger partial charge on any atom is 0.305 e. The van der Waals surface area contributed by atoms with Gasteiger partial charge in [0.05, 0.1) is 12.5 Å². The lowest BCUT2D eigenvalue weighted by Crippen LogP contribution is -2.33. The molecule has 0 unspecified atom stereocenters. The number of rotatable bonds is 7. The number of hydrogen-bond acceptors (Lipinski definition) is 3. The van der Waals surface area contributed by atoms with E-state index >= 15 is 0 Å². The smallest absolute Gasteiger partial charge is 0.305 e. The van der Waals surface area contributed by atoms with Gasteiger partial charge in [0.15, 0.2) is 0 Å². The summed E-state index contributed by atoms with van der Waals surface area (Å²) in [5.74, 6) is -1.57. The van der Waals surface area contributed by atoms with Gasteiger partial charge in [0, 0.05) is 18.0 Å². The average molecular weight is 380 g/mol. The summed E-state index contributed by atoms with van der Waals surface area (Å²) in [7, 11) is 0. The van der Waals surface area contributed by atoms with Gasteiger partial charge in [-0.15, -0.1) is 0 Å². The van der Waals surface area contributed by atoms with Crippen molar-refractivity contribution in [3.05, 3.63) is 65.2 Å². The molecular formula is C22H24N2O4. The molecule has 1 heterocycles. The van der Waals surface area contributed by atoms with Crippen molar-refractivity contribution in [3.63, 3.8) is 0 Å². The van der Waals surface area contributed by atoms with Crippen molar-refractivity contribution >= 4 is 23.5 Å². The minimum atomic E-state index is -0.975. The minimum absolute atomic E-state index is 0.0764. The molecule has 0 saturated carbocycles. The van der Waals surface area contributed by atoms with Crippen molar-refractivity contribution in [3.8, 4) is 0 Å². The fourth-order valence-electron chi connectivity index (χ4n) is 3.61. The van der Waals surface area contributed by atoms with Crippen LogP contribution in [0.15, 0.2) is 48.5 Å². The maximum absolute atomic E-state index is 12.5. The zero-order valence-electron chi connectivity index (χ0n) is 15.8. The van der Waals surface area contributed by atoms with Crippen LogP contribution in [0.5, 0.6) is 0 Å². The highest BCUT2D eigenvalue weighted by Gasteiger charge is 2.27. The Morgan fingerprint density at radius 2 is 1.89 bits per heavy atom. The minimum Gasteiger partial charge on any atom is -0.481 e. The van der Waals surface area contributed by atoms with Crippen molar-refractivity contribution in [2.75, 3.05) is 5.32 Å². The van der Waals surface area contributed by atoms with Crippen LogP contribution in [0.2, 0.25) is 0 Å². The number of aliphatic carboxylic acids is 1. The van der Waals surface area contributed by atoms with E-state index in [0.717, 1.165) is 22.4 Å². The lowest BCUT2D eigenvalue weighted by atomic mass is 9.89. The molecule has 0 spiro atoms. The van der Waals surface area contributed by atoms with E-state index in [1.807, 2.05) is 55.5 Å². The molecule has 0 aromatic heterocycles. The van der Waals surface area contributed by atoms with E-state index in [1.54, 1.807) is 0 Å². The van der Waals surface area contributed by atoms with Crippen LogP contribution in [0.3, 0.4) is 0 Å². The summed E-state index contributed by atoms with van der Waals surface area (Å²) in [6, 6.07) is 14.5. The largest absolute Gasteiger partial charge is 0.481 e. The molecule has 0 fully saturated rings. The van der Waals surface area contributed by atoms with Crippen LogP contribution in [0.1, 0.15) is 42.0 Å². The Hall–Kier alpha value is -3.15. The van der Waals surface area contributed by atoms with Crippen molar-refractivity contribution in [1.82, 2.24) is 5.32 Å². The number of benzene rings is 2. The fraction of sp³-hybridized carbons (Fsp3) is 0.318. The van der Waals surface area contributed by atoms with Crippen molar-refractivity contribution in [1.29, 1.82) is 0 Å². The summed E-state index contributed by atoms with van der Waals surface area (Å²) >= 11 is 0. The molecule has 146 valence electrons. The molecule has 3 N–H and O–H groups in total. The number of carbonyl (C=O) groups excluding carboxylic acids is 2. The zero-order chi connectivity index (χ0) is 20.1. The summed E-state index contributed by atoms with van der Waals surface area (Å²) in [5, 5.41) is 14.9. The number of aryl methyl sites for hydroxylation is 1. The van der Waals surface area contributed by atoms with Gasteiger partial charge < -0.3 is 15.7 Å². The first-order valence-electron chi connectivity index (χ1n) is 9.39. The number of carboxylic acids is 1. The molecule has 2 aromatic carbocycles. The predicted molar refractivity (Wildman–Crippen MR) is 106 cm³/mol.